The summed E-state index contributed by atoms with van der Waals surface area (Å²) in [6.45, 7) is 0. The van der Waals surface area contributed by atoms with Crippen molar-refractivity contribution in [3.8, 4) is 11.4 Å². The van der Waals surface area contributed by atoms with E-state index in [-0.39, 0.29) is 5.01 Å². The molecule has 2 heterocycles. The zero-order valence-electron chi connectivity index (χ0n) is 12.2. The first-order valence-corrected chi connectivity index (χ1v) is 7.11. The molecular weight excluding hydrogens is 365 g/mol. The molecule has 0 spiro atoms. The van der Waals surface area contributed by atoms with Crippen LogP contribution in [0.3, 0.4) is 0 Å². The van der Waals surface area contributed by atoms with Gasteiger partial charge in [0.05, 0.1) is 18.3 Å². The van der Waals surface area contributed by atoms with Gasteiger partial charge in [0.2, 0.25) is 0 Å². The van der Waals surface area contributed by atoms with Gasteiger partial charge in [0.25, 0.3) is 5.91 Å². The van der Waals surface area contributed by atoms with Crippen LogP contribution in [0.2, 0.25) is 5.02 Å². The molecule has 0 atom stereocenters. The predicted octanol–water partition coefficient (Wildman–Crippen LogP) is 2.52. The lowest BCUT2D eigenvalue weighted by molar-refractivity contribution is -0.126. The standard InChI is InChI=1S/C14H8ClF3N4O3/c15-7-1-3-8(4-2-7)21-6-9(23)12(20-21)13(25)22-11(24)5-10(19-22)14(16,17)18/h1-4,6,23H,5H2. The summed E-state index contributed by atoms with van der Waals surface area (Å²) in [6, 6.07) is 6.18. The minimum atomic E-state index is -4.82. The molecule has 11 heteroatoms. The molecule has 2 amide bonds. The van der Waals surface area contributed by atoms with E-state index in [9.17, 15) is 27.9 Å². The van der Waals surface area contributed by atoms with Crippen LogP contribution < -0.4 is 0 Å². The van der Waals surface area contributed by atoms with Crippen LogP contribution in [0.1, 0.15) is 16.9 Å². The highest BCUT2D eigenvalue weighted by Crippen LogP contribution is 2.27. The second kappa shape index (κ2) is 5.88. The first-order valence-electron chi connectivity index (χ1n) is 6.73. The fourth-order valence-corrected chi connectivity index (χ4v) is 2.22. The van der Waals surface area contributed by atoms with Crippen molar-refractivity contribution >= 4 is 29.1 Å². The number of nitrogens with zero attached hydrogens (tertiary/aromatic N) is 4. The molecule has 1 aromatic carbocycles. The number of carbonyl (C=O) groups is 2. The van der Waals surface area contributed by atoms with Crippen LogP contribution in [0.25, 0.3) is 5.69 Å². The van der Waals surface area contributed by atoms with E-state index in [4.69, 9.17) is 11.6 Å². The summed E-state index contributed by atoms with van der Waals surface area (Å²) < 4.78 is 38.9. The lowest BCUT2D eigenvalue weighted by atomic mass is 10.2. The van der Waals surface area contributed by atoms with Crippen LogP contribution in [-0.4, -0.2) is 43.6 Å². The van der Waals surface area contributed by atoms with Gasteiger partial charge in [-0.15, -0.1) is 0 Å². The van der Waals surface area contributed by atoms with Crippen molar-refractivity contribution < 1.29 is 27.9 Å². The van der Waals surface area contributed by atoms with Gasteiger partial charge >= 0.3 is 12.1 Å². The number of hydrazone groups is 1. The third-order valence-corrected chi connectivity index (χ3v) is 3.54. The average molecular weight is 373 g/mol. The van der Waals surface area contributed by atoms with Gasteiger partial charge in [-0.2, -0.15) is 28.4 Å². The maximum absolute atomic E-state index is 12.6. The number of hydrogen-bond acceptors (Lipinski definition) is 5. The Morgan fingerprint density at radius 1 is 1.24 bits per heavy atom. The van der Waals surface area contributed by atoms with E-state index >= 15 is 0 Å². The normalized spacial score (nSPS) is 14.8. The van der Waals surface area contributed by atoms with Crippen molar-refractivity contribution in [2.45, 2.75) is 12.6 Å². The topological polar surface area (TPSA) is 87.8 Å². The van der Waals surface area contributed by atoms with Gasteiger partial charge in [0.1, 0.15) is 0 Å². The van der Waals surface area contributed by atoms with Gasteiger partial charge < -0.3 is 5.11 Å². The van der Waals surface area contributed by atoms with Crippen LogP contribution in [0.4, 0.5) is 13.2 Å². The first-order chi connectivity index (χ1) is 11.7. The van der Waals surface area contributed by atoms with E-state index < -0.39 is 41.6 Å². The number of aromatic nitrogens is 2. The van der Waals surface area contributed by atoms with Gasteiger partial charge in [-0.1, -0.05) is 11.6 Å². The molecule has 0 saturated heterocycles. The van der Waals surface area contributed by atoms with Gasteiger partial charge in [-0.25, -0.2) is 4.68 Å². The minimum Gasteiger partial charge on any atom is -0.504 e. The molecule has 1 aliphatic heterocycles. The predicted molar refractivity (Wildman–Crippen MR) is 79.5 cm³/mol. The Morgan fingerprint density at radius 3 is 2.44 bits per heavy atom. The van der Waals surface area contributed by atoms with Crippen LogP contribution in [0.5, 0.6) is 5.75 Å². The minimum absolute atomic E-state index is 0.0527. The molecule has 0 radical (unpaired) electrons. The third kappa shape index (κ3) is 3.20. The smallest absolute Gasteiger partial charge is 0.431 e. The van der Waals surface area contributed by atoms with Gasteiger partial charge in [-0.05, 0) is 24.3 Å². The van der Waals surface area contributed by atoms with E-state index in [1.54, 1.807) is 24.3 Å². The first kappa shape index (κ1) is 17.0. The molecule has 130 valence electrons. The number of halogens is 4. The number of carbonyl (C=O) groups excluding carboxylic acids is 2. The van der Waals surface area contributed by atoms with Crippen LogP contribution in [0.15, 0.2) is 35.6 Å². The summed E-state index contributed by atoms with van der Waals surface area (Å²) >= 11 is 5.75. The van der Waals surface area contributed by atoms with E-state index in [0.29, 0.717) is 10.7 Å². The second-order valence-electron chi connectivity index (χ2n) is 5.02. The quantitative estimate of drug-likeness (QED) is 0.820. The van der Waals surface area contributed by atoms with Gasteiger partial charge in [0.15, 0.2) is 17.2 Å². The summed E-state index contributed by atoms with van der Waals surface area (Å²) in [6.07, 6.45) is -4.80. The molecule has 3 rings (SSSR count). The van der Waals surface area contributed by atoms with Crippen molar-refractivity contribution in [2.75, 3.05) is 0 Å². The second-order valence-corrected chi connectivity index (χ2v) is 5.45. The van der Waals surface area contributed by atoms with E-state index in [0.717, 1.165) is 10.9 Å². The molecule has 2 aromatic rings. The number of alkyl halides is 3. The fourth-order valence-electron chi connectivity index (χ4n) is 2.09. The Morgan fingerprint density at radius 2 is 1.88 bits per heavy atom. The van der Waals surface area contributed by atoms with Crippen LogP contribution >= 0.6 is 11.6 Å². The zero-order chi connectivity index (χ0) is 18.4. The zero-order valence-corrected chi connectivity index (χ0v) is 12.9. The van der Waals surface area contributed by atoms with Crippen molar-refractivity contribution in [1.29, 1.82) is 0 Å². The number of hydrogen-bond donors (Lipinski definition) is 1. The molecule has 0 fully saturated rings. The van der Waals surface area contributed by atoms with Gasteiger partial charge in [0, 0.05) is 5.02 Å². The third-order valence-electron chi connectivity index (χ3n) is 3.28. The van der Waals surface area contributed by atoms with Crippen LogP contribution in [0, 0.1) is 0 Å². The molecular formula is C14H8ClF3N4O3. The van der Waals surface area contributed by atoms with Gasteiger partial charge in [-0.3, -0.25) is 9.59 Å². The molecule has 7 nitrogen and oxygen atoms in total. The fraction of sp³-hybridized carbons (Fsp3) is 0.143. The lowest BCUT2D eigenvalue weighted by Crippen LogP contribution is -2.29. The monoisotopic (exact) mass is 372 g/mol. The molecule has 1 aromatic heterocycles. The Bertz CT molecular complexity index is 890. The summed E-state index contributed by atoms with van der Waals surface area (Å²) in [5.41, 5.74) is -1.55. The maximum Gasteiger partial charge on any atom is 0.431 e. The summed E-state index contributed by atoms with van der Waals surface area (Å²) in [5.74, 6) is -3.02. The SMILES string of the molecule is O=C1CC(C(F)(F)F)=NN1C(=O)c1nn(-c2ccc(Cl)cc2)cc1O. The number of aromatic hydroxyl groups is 1. The Kier molecular flexibility index (Phi) is 3.99. The molecule has 1 N–H and O–H groups in total. The number of benzene rings is 1. The number of imide groups is 1. The highest BCUT2D eigenvalue weighted by Gasteiger charge is 2.44. The maximum atomic E-state index is 12.6. The number of amides is 2. The number of rotatable bonds is 2. The molecule has 0 unspecified atom stereocenters. The Hall–Kier alpha value is -2.88. The molecule has 0 bridgehead atoms. The highest BCUT2D eigenvalue weighted by atomic mass is 35.5. The highest BCUT2D eigenvalue weighted by molar-refractivity contribution is 6.30. The van der Waals surface area contributed by atoms with Crippen molar-refractivity contribution in [1.82, 2.24) is 14.8 Å². The Balaban J connectivity index is 1.92. The molecule has 25 heavy (non-hydrogen) atoms. The van der Waals surface area contributed by atoms with Crippen molar-refractivity contribution in [3.05, 3.63) is 41.2 Å². The summed E-state index contributed by atoms with van der Waals surface area (Å²) in [5, 5.41) is 17.2. The molecule has 0 saturated carbocycles. The molecule has 0 aliphatic carbocycles. The van der Waals surface area contributed by atoms with Crippen LogP contribution in [-0.2, 0) is 4.79 Å². The van der Waals surface area contributed by atoms with Crippen molar-refractivity contribution in [3.63, 3.8) is 0 Å². The van der Waals surface area contributed by atoms with E-state index in [2.05, 4.69) is 10.2 Å². The largest absolute Gasteiger partial charge is 0.504 e. The lowest BCUT2D eigenvalue weighted by Gasteiger charge is -2.07. The Labute approximate surface area is 142 Å². The van der Waals surface area contributed by atoms with E-state index in [1.807, 2.05) is 0 Å². The average Bonchev–Trinajstić information content (AvgIpc) is 3.10. The summed E-state index contributed by atoms with van der Waals surface area (Å²) in [4.78, 5) is 23.9. The van der Waals surface area contributed by atoms with Crippen molar-refractivity contribution in [2.24, 2.45) is 5.10 Å². The summed E-state index contributed by atoms with van der Waals surface area (Å²) in [7, 11) is 0. The van der Waals surface area contributed by atoms with E-state index in [1.165, 1.54) is 0 Å². The molecule has 1 aliphatic rings.